The maximum atomic E-state index is 14.3. The Kier molecular flexibility index (Phi) is 12.4. The molecule has 0 radical (unpaired) electrons. The summed E-state index contributed by atoms with van der Waals surface area (Å²) in [5, 5.41) is 27.9. The van der Waals surface area contributed by atoms with Crippen LogP contribution in [0.2, 0.25) is 0 Å². The van der Waals surface area contributed by atoms with E-state index in [0.717, 1.165) is 0 Å². The van der Waals surface area contributed by atoms with E-state index < -0.39 is 83.8 Å². The summed E-state index contributed by atoms with van der Waals surface area (Å²) in [6.07, 6.45) is -8.13. The first-order valence-electron chi connectivity index (χ1n) is 19.1. The van der Waals surface area contributed by atoms with Gasteiger partial charge in [-0.25, -0.2) is 9.59 Å². The molecule has 0 saturated heterocycles. The molecule has 3 N–H and O–H groups in total. The monoisotopic (exact) mass is 805 g/mol. The Morgan fingerprint density at radius 2 is 1.29 bits per heavy atom. The van der Waals surface area contributed by atoms with Crippen molar-refractivity contribution >= 4 is 29.8 Å². The Hall–Kier alpha value is -6.31. The number of aliphatic hydroxyl groups is 2. The predicted octanol–water partition coefficient (Wildman–Crippen LogP) is 6.06. The lowest BCUT2D eigenvalue weighted by Gasteiger charge is -2.56. The van der Waals surface area contributed by atoms with E-state index >= 15 is 0 Å². The lowest BCUT2D eigenvalue weighted by Crippen LogP contribution is -2.61. The topological polar surface area (TPSA) is 184 Å². The van der Waals surface area contributed by atoms with Gasteiger partial charge in [0.2, 0.25) is 0 Å². The molecule has 6 rings (SSSR count). The van der Waals surface area contributed by atoms with Crippen LogP contribution in [0.25, 0.3) is 0 Å². The molecule has 1 amide bonds. The molecule has 0 spiro atoms. The first-order chi connectivity index (χ1) is 28.1. The highest BCUT2D eigenvalue weighted by molar-refractivity contribution is 5.95. The van der Waals surface area contributed by atoms with Gasteiger partial charge in [0.05, 0.1) is 18.7 Å². The lowest BCUT2D eigenvalue weighted by molar-refractivity contribution is -0.194. The van der Waals surface area contributed by atoms with Crippen molar-refractivity contribution in [2.45, 2.75) is 83.2 Å². The predicted molar refractivity (Wildman–Crippen MR) is 213 cm³/mol. The number of nitrogens with one attached hydrogen (secondary N) is 1. The molecule has 4 aromatic carbocycles. The maximum absolute atomic E-state index is 14.3. The molecule has 308 valence electrons. The van der Waals surface area contributed by atoms with Gasteiger partial charge >= 0.3 is 23.9 Å². The van der Waals surface area contributed by atoms with E-state index in [1.54, 1.807) is 130 Å². The lowest BCUT2D eigenvalue weighted by atomic mass is 9.55. The second kappa shape index (κ2) is 17.3. The Labute approximate surface area is 341 Å². The highest BCUT2D eigenvalue weighted by Crippen LogP contribution is 2.61. The number of fused-ring (bicyclic) bond motifs is 3. The molecule has 2 aliphatic rings. The van der Waals surface area contributed by atoms with Crippen molar-refractivity contribution in [3.8, 4) is 5.75 Å². The smallest absolute Gasteiger partial charge is 0.338 e. The Balaban J connectivity index is 1.52. The number of amides is 1. The zero-order chi connectivity index (χ0) is 42.6. The van der Waals surface area contributed by atoms with Gasteiger partial charge in [0.15, 0.2) is 24.4 Å². The molecular weight excluding hydrogens is 759 g/mol. The van der Waals surface area contributed by atoms with Crippen molar-refractivity contribution in [1.29, 1.82) is 0 Å². The average molecular weight is 806 g/mol. The standard InChI is InChI=1S/C46H47NO12/c1-26-34(58-44(53)38(50)37(29-17-10-7-11-18-29)47-42(51)30-19-12-8-13-20-30)25-46(54)41(59-43(52)31-21-14-9-15-22-31)35-32(23-16-24-33(35)55-6)39(56-27(2)48)40(57-28(3)49)36(26)45(46,4)5/h7-24,34,37-41,50,54H,25H2,1-6H3,(H,47,51)/t34-,37+,38-,39+,40+,41-,46+/m1/s1. The highest BCUT2D eigenvalue weighted by atomic mass is 16.6. The van der Waals surface area contributed by atoms with Gasteiger partial charge in [-0.2, -0.15) is 0 Å². The van der Waals surface area contributed by atoms with Crippen LogP contribution in [0.5, 0.6) is 5.75 Å². The van der Waals surface area contributed by atoms with Crippen molar-refractivity contribution < 1.29 is 57.9 Å². The molecule has 59 heavy (non-hydrogen) atoms. The third-order valence-corrected chi connectivity index (χ3v) is 11.2. The largest absolute Gasteiger partial charge is 0.496 e. The summed E-state index contributed by atoms with van der Waals surface area (Å²) < 4.78 is 30.2. The second-order valence-corrected chi connectivity index (χ2v) is 15.1. The Morgan fingerprint density at radius 3 is 1.86 bits per heavy atom. The van der Waals surface area contributed by atoms with Gasteiger partial charge in [0, 0.05) is 42.4 Å². The highest BCUT2D eigenvalue weighted by Gasteiger charge is 2.64. The fourth-order valence-corrected chi connectivity index (χ4v) is 8.23. The van der Waals surface area contributed by atoms with Crippen LogP contribution in [0.3, 0.4) is 0 Å². The third kappa shape index (κ3) is 8.34. The van der Waals surface area contributed by atoms with Crippen LogP contribution < -0.4 is 10.1 Å². The summed E-state index contributed by atoms with van der Waals surface area (Å²) >= 11 is 0. The summed E-state index contributed by atoms with van der Waals surface area (Å²) in [5.41, 5.74) is -1.95. The van der Waals surface area contributed by atoms with Gasteiger partial charge in [-0.1, -0.05) is 92.7 Å². The molecule has 2 bridgehead atoms. The quantitative estimate of drug-likeness (QED) is 0.0906. The van der Waals surface area contributed by atoms with E-state index in [4.69, 9.17) is 23.7 Å². The number of aliphatic hydroxyl groups excluding tert-OH is 1. The summed E-state index contributed by atoms with van der Waals surface area (Å²) in [6.45, 7) is 7.31. The number of rotatable bonds is 11. The fraction of sp³-hybridized carbons (Fsp3) is 0.326. The number of benzene rings is 4. The number of hydrogen-bond donors (Lipinski definition) is 3. The van der Waals surface area contributed by atoms with E-state index in [1.165, 1.54) is 21.0 Å². The molecule has 0 saturated carbocycles. The molecule has 0 heterocycles. The zero-order valence-electron chi connectivity index (χ0n) is 33.5. The Morgan fingerprint density at radius 1 is 0.729 bits per heavy atom. The molecule has 0 unspecified atom stereocenters. The maximum Gasteiger partial charge on any atom is 0.338 e. The summed E-state index contributed by atoms with van der Waals surface area (Å²) in [7, 11) is 1.38. The van der Waals surface area contributed by atoms with Crippen LogP contribution in [-0.4, -0.2) is 71.0 Å². The molecule has 0 aliphatic heterocycles. The van der Waals surface area contributed by atoms with E-state index in [0.29, 0.717) is 11.1 Å². The van der Waals surface area contributed by atoms with Gasteiger partial charge < -0.3 is 39.2 Å². The van der Waals surface area contributed by atoms with E-state index in [1.807, 2.05) is 0 Å². The van der Waals surface area contributed by atoms with Crippen molar-refractivity contribution in [2.24, 2.45) is 5.41 Å². The minimum Gasteiger partial charge on any atom is -0.496 e. The minimum atomic E-state index is -2.19. The number of hydrogen-bond acceptors (Lipinski definition) is 12. The van der Waals surface area contributed by atoms with Crippen LogP contribution in [0, 0.1) is 5.41 Å². The third-order valence-electron chi connectivity index (χ3n) is 11.2. The van der Waals surface area contributed by atoms with Crippen LogP contribution >= 0.6 is 0 Å². The van der Waals surface area contributed by atoms with Crippen molar-refractivity contribution in [3.05, 3.63) is 148 Å². The first kappa shape index (κ1) is 42.3. The van der Waals surface area contributed by atoms with Gasteiger partial charge in [0.1, 0.15) is 17.5 Å². The SMILES string of the molecule is COc1cccc2c1[C@@H](OC(=O)c1ccccc1)[C@@]1(O)C[C@@H](OC(=O)[C@H](O)[C@@H](NC(=O)c3ccccc3)c3ccccc3)C(C)=C([C@H](OC(C)=O)[C@H]2OC(C)=O)C1(C)C. The minimum absolute atomic E-state index is 0.120. The number of methoxy groups -OCH3 is 1. The summed E-state index contributed by atoms with van der Waals surface area (Å²) in [4.78, 5) is 67.5. The van der Waals surface area contributed by atoms with E-state index in [2.05, 4.69) is 5.32 Å². The average Bonchev–Trinajstić information content (AvgIpc) is 3.22. The summed E-state index contributed by atoms with van der Waals surface area (Å²) in [6, 6.07) is 28.3. The first-order valence-corrected chi connectivity index (χ1v) is 19.1. The van der Waals surface area contributed by atoms with Crippen LogP contribution in [0.15, 0.2) is 120 Å². The number of carbonyl (C=O) groups excluding carboxylic acids is 5. The van der Waals surface area contributed by atoms with Crippen molar-refractivity contribution in [3.63, 3.8) is 0 Å². The molecule has 2 aliphatic carbocycles. The molecular formula is C46H47NO12. The van der Waals surface area contributed by atoms with Crippen LogP contribution in [0.4, 0.5) is 0 Å². The Bertz CT molecular complexity index is 2240. The van der Waals surface area contributed by atoms with E-state index in [-0.39, 0.29) is 33.6 Å². The molecule has 13 nitrogen and oxygen atoms in total. The number of carbonyl (C=O) groups is 5. The number of ether oxygens (including phenoxy) is 5. The van der Waals surface area contributed by atoms with Gasteiger partial charge in [-0.15, -0.1) is 0 Å². The molecule has 4 aromatic rings. The second-order valence-electron chi connectivity index (χ2n) is 15.1. The molecule has 0 fully saturated rings. The summed E-state index contributed by atoms with van der Waals surface area (Å²) in [5.74, 6) is -3.87. The van der Waals surface area contributed by atoms with E-state index in [9.17, 15) is 34.2 Å². The zero-order valence-corrected chi connectivity index (χ0v) is 33.5. The number of esters is 4. The molecule has 7 atom stereocenters. The van der Waals surface area contributed by atoms with Crippen molar-refractivity contribution in [1.82, 2.24) is 5.32 Å². The van der Waals surface area contributed by atoms with Gasteiger partial charge in [-0.05, 0) is 54.0 Å². The molecule has 0 aromatic heterocycles. The van der Waals surface area contributed by atoms with Gasteiger partial charge in [0.25, 0.3) is 5.91 Å². The van der Waals surface area contributed by atoms with Crippen molar-refractivity contribution in [2.75, 3.05) is 7.11 Å². The fourth-order valence-electron chi connectivity index (χ4n) is 8.23. The van der Waals surface area contributed by atoms with Crippen LogP contribution in [0.1, 0.15) is 96.7 Å². The van der Waals surface area contributed by atoms with Gasteiger partial charge in [-0.3, -0.25) is 14.4 Å². The normalized spacial score (nSPS) is 22.8. The molecule has 13 heteroatoms. The van der Waals surface area contributed by atoms with Crippen LogP contribution in [-0.2, 0) is 33.3 Å².